The Morgan fingerprint density at radius 2 is 1.92 bits per heavy atom. The van der Waals surface area contributed by atoms with Crippen molar-refractivity contribution in [3.8, 4) is 11.4 Å². The van der Waals surface area contributed by atoms with Crippen molar-refractivity contribution in [1.29, 1.82) is 0 Å². The van der Waals surface area contributed by atoms with Crippen LogP contribution in [0.2, 0.25) is 0 Å². The molecule has 0 radical (unpaired) electrons. The highest BCUT2D eigenvalue weighted by Crippen LogP contribution is 2.44. The second-order valence-corrected chi connectivity index (χ2v) is 7.08. The van der Waals surface area contributed by atoms with Crippen LogP contribution in [-0.4, -0.2) is 44.9 Å². The number of H-pyrrole nitrogens is 1. The molecular formula is C19H21N3O3. The molecule has 130 valence electrons. The first-order valence-corrected chi connectivity index (χ1v) is 8.68. The minimum Gasteiger partial charge on any atom is -0.481 e. The number of nitrogens with zero attached hydrogens (tertiary/aromatic N) is 2. The molecule has 1 saturated carbocycles. The Labute approximate surface area is 145 Å². The molecule has 2 N–H and O–H groups in total. The Morgan fingerprint density at radius 3 is 2.56 bits per heavy atom. The van der Waals surface area contributed by atoms with Crippen LogP contribution in [0.15, 0.2) is 30.3 Å². The molecule has 0 bridgehead atoms. The Kier molecular flexibility index (Phi) is 3.82. The number of benzene rings is 1. The third kappa shape index (κ3) is 2.92. The van der Waals surface area contributed by atoms with Crippen molar-refractivity contribution < 1.29 is 14.7 Å². The second-order valence-electron chi connectivity index (χ2n) is 7.08. The van der Waals surface area contributed by atoms with Crippen LogP contribution in [0, 0.1) is 24.7 Å². The maximum absolute atomic E-state index is 12.9. The van der Waals surface area contributed by atoms with Crippen LogP contribution in [0.25, 0.3) is 11.4 Å². The highest BCUT2D eigenvalue weighted by Gasteiger charge is 2.47. The number of carboxylic acid groups (broad SMARTS) is 1. The number of carbonyl (C=O) groups is 2. The van der Waals surface area contributed by atoms with Gasteiger partial charge in [-0.3, -0.25) is 9.59 Å². The van der Waals surface area contributed by atoms with Crippen molar-refractivity contribution in [1.82, 2.24) is 14.9 Å². The van der Waals surface area contributed by atoms with Gasteiger partial charge < -0.3 is 15.0 Å². The Balaban J connectivity index is 1.57. The lowest BCUT2D eigenvalue weighted by Gasteiger charge is -2.15. The van der Waals surface area contributed by atoms with Crippen LogP contribution < -0.4 is 0 Å². The maximum Gasteiger partial charge on any atom is 0.308 e. The fourth-order valence-corrected chi connectivity index (χ4v) is 3.81. The summed E-state index contributed by atoms with van der Waals surface area (Å²) in [5.74, 6) is -0.229. The molecular weight excluding hydrogens is 318 g/mol. The molecule has 2 aliphatic rings. The number of hydrogen-bond acceptors (Lipinski definition) is 3. The van der Waals surface area contributed by atoms with Crippen LogP contribution in [-0.2, 0) is 4.79 Å². The molecule has 6 nitrogen and oxygen atoms in total. The molecule has 2 fully saturated rings. The van der Waals surface area contributed by atoms with E-state index < -0.39 is 11.9 Å². The number of hydrogen-bond donors (Lipinski definition) is 2. The molecule has 0 spiro atoms. The summed E-state index contributed by atoms with van der Waals surface area (Å²) in [5, 5.41) is 9.48. The summed E-state index contributed by atoms with van der Waals surface area (Å²) in [6.07, 6.45) is 2.16. The van der Waals surface area contributed by atoms with Crippen molar-refractivity contribution in [3.05, 3.63) is 41.7 Å². The molecule has 6 heteroatoms. The number of likely N-dealkylation sites (tertiary alicyclic amines) is 1. The number of aryl methyl sites for hydroxylation is 1. The number of aromatic amines is 1. The van der Waals surface area contributed by atoms with Gasteiger partial charge in [0.1, 0.15) is 11.5 Å². The summed E-state index contributed by atoms with van der Waals surface area (Å²) in [6.45, 7) is 2.63. The van der Waals surface area contributed by atoms with Gasteiger partial charge in [0.25, 0.3) is 5.91 Å². The zero-order valence-corrected chi connectivity index (χ0v) is 14.1. The lowest BCUT2D eigenvalue weighted by molar-refractivity contribution is -0.142. The average molecular weight is 339 g/mol. The van der Waals surface area contributed by atoms with Crippen LogP contribution in [0.4, 0.5) is 0 Å². The van der Waals surface area contributed by atoms with Crippen LogP contribution in [0.5, 0.6) is 0 Å². The quantitative estimate of drug-likeness (QED) is 0.896. The van der Waals surface area contributed by atoms with Gasteiger partial charge >= 0.3 is 5.97 Å². The maximum atomic E-state index is 12.9. The van der Waals surface area contributed by atoms with E-state index in [1.54, 1.807) is 4.90 Å². The molecule has 1 saturated heterocycles. The van der Waals surface area contributed by atoms with Crippen molar-refractivity contribution >= 4 is 11.9 Å². The van der Waals surface area contributed by atoms with E-state index in [1.165, 1.54) is 0 Å². The lowest BCUT2D eigenvalue weighted by atomic mass is 9.92. The monoisotopic (exact) mass is 339 g/mol. The van der Waals surface area contributed by atoms with Gasteiger partial charge in [-0.25, -0.2) is 4.98 Å². The highest BCUT2D eigenvalue weighted by atomic mass is 16.4. The van der Waals surface area contributed by atoms with Crippen molar-refractivity contribution in [3.63, 3.8) is 0 Å². The number of carbonyl (C=O) groups excluding carboxylic acids is 1. The predicted molar refractivity (Wildman–Crippen MR) is 92.0 cm³/mol. The minimum atomic E-state index is -0.795. The highest BCUT2D eigenvalue weighted by molar-refractivity contribution is 5.94. The molecule has 1 aliphatic carbocycles. The summed E-state index contributed by atoms with van der Waals surface area (Å²) < 4.78 is 0. The van der Waals surface area contributed by atoms with Gasteiger partial charge in [0.15, 0.2) is 0 Å². The number of imidazole rings is 1. The topological polar surface area (TPSA) is 86.3 Å². The fourth-order valence-electron chi connectivity index (χ4n) is 3.81. The summed E-state index contributed by atoms with van der Waals surface area (Å²) in [4.78, 5) is 33.8. The molecule has 1 aliphatic heterocycles. The van der Waals surface area contributed by atoms with E-state index >= 15 is 0 Å². The fraction of sp³-hybridized carbons (Fsp3) is 0.421. The average Bonchev–Trinajstić information content (AvgIpc) is 3.23. The first-order chi connectivity index (χ1) is 12.0. The first kappa shape index (κ1) is 15.9. The van der Waals surface area contributed by atoms with Gasteiger partial charge in [-0.15, -0.1) is 0 Å². The summed E-state index contributed by atoms with van der Waals surface area (Å²) >= 11 is 0. The SMILES string of the molecule is Cc1[nH]c(-c2ccccc2)nc1C(=O)N1C[C@@H](C(=O)O)[C@H](C2CC2)C1. The number of nitrogens with one attached hydrogen (secondary N) is 1. The minimum absolute atomic E-state index is 0.0780. The van der Waals surface area contributed by atoms with Gasteiger partial charge in [0.05, 0.1) is 5.92 Å². The van der Waals surface area contributed by atoms with E-state index in [2.05, 4.69) is 9.97 Å². The molecule has 2 atom stereocenters. The standard InChI is InChI=1S/C19H21N3O3/c1-11-16(21-17(20-11)13-5-3-2-4-6-13)18(23)22-9-14(12-7-8-12)15(10-22)19(24)25/h2-6,12,14-15H,7-10H2,1H3,(H,20,21)(H,24,25)/t14-,15+/m0/s1. The van der Waals surface area contributed by atoms with Gasteiger partial charge in [0.2, 0.25) is 0 Å². The van der Waals surface area contributed by atoms with E-state index in [4.69, 9.17) is 0 Å². The Hall–Kier alpha value is -2.63. The number of aromatic nitrogens is 2. The van der Waals surface area contributed by atoms with Gasteiger partial charge in [0, 0.05) is 24.3 Å². The smallest absolute Gasteiger partial charge is 0.308 e. The zero-order chi connectivity index (χ0) is 17.6. The van der Waals surface area contributed by atoms with Gasteiger partial charge in [-0.1, -0.05) is 30.3 Å². The van der Waals surface area contributed by atoms with E-state index in [9.17, 15) is 14.7 Å². The normalized spacial score (nSPS) is 23.0. The summed E-state index contributed by atoms with van der Waals surface area (Å²) in [7, 11) is 0. The molecule has 2 heterocycles. The first-order valence-electron chi connectivity index (χ1n) is 8.68. The molecule has 2 aromatic rings. The number of aliphatic carboxylic acids is 1. The molecule has 1 aromatic carbocycles. The van der Waals surface area contributed by atoms with Gasteiger partial charge in [-0.05, 0) is 31.6 Å². The third-order valence-corrected chi connectivity index (χ3v) is 5.33. The third-order valence-electron chi connectivity index (χ3n) is 5.33. The van der Waals surface area contributed by atoms with Crippen molar-refractivity contribution in [2.75, 3.05) is 13.1 Å². The van der Waals surface area contributed by atoms with Crippen molar-refractivity contribution in [2.45, 2.75) is 19.8 Å². The number of amides is 1. The van der Waals surface area contributed by atoms with Gasteiger partial charge in [-0.2, -0.15) is 0 Å². The van der Waals surface area contributed by atoms with Crippen LogP contribution in [0.3, 0.4) is 0 Å². The molecule has 4 rings (SSSR count). The molecule has 0 unspecified atom stereocenters. The summed E-state index contributed by atoms with van der Waals surface area (Å²) in [5.41, 5.74) is 2.02. The molecule has 1 amide bonds. The molecule has 25 heavy (non-hydrogen) atoms. The Morgan fingerprint density at radius 1 is 1.20 bits per heavy atom. The van der Waals surface area contributed by atoms with E-state index in [0.717, 1.165) is 18.4 Å². The summed E-state index contributed by atoms with van der Waals surface area (Å²) in [6, 6.07) is 9.65. The lowest BCUT2D eigenvalue weighted by Crippen LogP contribution is -2.30. The van der Waals surface area contributed by atoms with E-state index in [1.807, 2.05) is 37.3 Å². The van der Waals surface area contributed by atoms with E-state index in [-0.39, 0.29) is 18.4 Å². The number of rotatable bonds is 4. The zero-order valence-electron chi connectivity index (χ0n) is 14.1. The van der Waals surface area contributed by atoms with E-state index in [0.29, 0.717) is 29.7 Å². The van der Waals surface area contributed by atoms with Crippen molar-refractivity contribution in [2.24, 2.45) is 17.8 Å². The van der Waals surface area contributed by atoms with Crippen LogP contribution >= 0.6 is 0 Å². The molecule has 1 aromatic heterocycles. The largest absolute Gasteiger partial charge is 0.481 e. The Bertz CT molecular complexity index is 811. The predicted octanol–water partition coefficient (Wildman–Crippen LogP) is 2.57. The second kappa shape index (κ2) is 6.02. The number of carboxylic acids is 1. The van der Waals surface area contributed by atoms with Crippen LogP contribution in [0.1, 0.15) is 29.0 Å².